The van der Waals surface area contributed by atoms with Crippen LogP contribution in [0.3, 0.4) is 0 Å². The monoisotopic (exact) mass is 713 g/mol. The van der Waals surface area contributed by atoms with E-state index in [2.05, 4.69) is 5.43 Å². The number of hydrazine groups is 1. The zero-order chi connectivity index (χ0) is 37.3. The minimum atomic E-state index is -4.52. The van der Waals surface area contributed by atoms with E-state index in [4.69, 9.17) is 18.9 Å². The van der Waals surface area contributed by atoms with Gasteiger partial charge >= 0.3 is 24.3 Å². The Hall–Kier alpha value is -5.27. The molecule has 4 rings (SSSR count). The molecule has 274 valence electrons. The summed E-state index contributed by atoms with van der Waals surface area (Å²) in [6.07, 6.45) is -5.92. The molecule has 0 unspecified atom stereocenters. The summed E-state index contributed by atoms with van der Waals surface area (Å²) in [5, 5.41) is 1.13. The van der Waals surface area contributed by atoms with Crippen LogP contribution in [0.25, 0.3) is 0 Å². The number of methoxy groups -OCH3 is 2. The summed E-state index contributed by atoms with van der Waals surface area (Å²) in [4.78, 5) is 53.8. The van der Waals surface area contributed by atoms with Gasteiger partial charge in [0.05, 0.1) is 38.2 Å². The van der Waals surface area contributed by atoms with E-state index < -0.39 is 53.4 Å². The first-order valence-corrected chi connectivity index (χ1v) is 16.2. The van der Waals surface area contributed by atoms with Crippen molar-refractivity contribution in [2.24, 2.45) is 5.92 Å². The van der Waals surface area contributed by atoms with Crippen molar-refractivity contribution in [3.63, 3.8) is 0 Å². The van der Waals surface area contributed by atoms with E-state index in [1.165, 1.54) is 31.3 Å². The molecular weight excluding hydrogens is 671 g/mol. The maximum atomic E-state index is 13.8. The molecule has 14 heteroatoms. The highest BCUT2D eigenvalue weighted by Gasteiger charge is 2.37. The third-order valence-corrected chi connectivity index (χ3v) is 8.06. The molecule has 1 fully saturated rings. The fourth-order valence-corrected chi connectivity index (χ4v) is 5.46. The van der Waals surface area contributed by atoms with Crippen LogP contribution < -0.4 is 10.2 Å². The second-order valence-corrected chi connectivity index (χ2v) is 13.1. The molecule has 3 aromatic carbocycles. The van der Waals surface area contributed by atoms with E-state index in [9.17, 15) is 32.3 Å². The number of nitrogens with zero attached hydrogens (tertiary/aromatic N) is 2. The third-order valence-electron chi connectivity index (χ3n) is 8.06. The number of halogens is 3. The van der Waals surface area contributed by atoms with Crippen molar-refractivity contribution in [3.05, 3.63) is 101 Å². The van der Waals surface area contributed by atoms with E-state index >= 15 is 0 Å². The van der Waals surface area contributed by atoms with Crippen molar-refractivity contribution < 1.29 is 51.3 Å². The molecule has 0 spiro atoms. The zero-order valence-corrected chi connectivity index (χ0v) is 29.1. The SMILES string of the molecule is COC(=O)C[C@H](Cc1ccc(OC)cc1CN(Cc1ccc(C(F)(F)F)cc1)C(=O)OC(C)(C)C)C(=O)NN1C(=O)OC[C@H]1Cc1ccccc1. The molecule has 0 saturated carbocycles. The van der Waals surface area contributed by atoms with Crippen LogP contribution in [-0.2, 0) is 55.9 Å². The lowest BCUT2D eigenvalue weighted by molar-refractivity contribution is -0.145. The Morgan fingerprint density at radius 1 is 0.941 bits per heavy atom. The number of hydrogen-bond donors (Lipinski definition) is 1. The number of cyclic esters (lactones) is 1. The Bertz CT molecular complexity index is 1680. The Labute approximate surface area is 294 Å². The lowest BCUT2D eigenvalue weighted by Gasteiger charge is -2.29. The van der Waals surface area contributed by atoms with E-state index in [0.29, 0.717) is 28.9 Å². The topological polar surface area (TPSA) is 124 Å². The van der Waals surface area contributed by atoms with Crippen molar-refractivity contribution in [2.45, 2.75) is 70.9 Å². The first kappa shape index (κ1) is 38.5. The second-order valence-electron chi connectivity index (χ2n) is 13.1. The minimum Gasteiger partial charge on any atom is -0.497 e. The number of nitrogens with one attached hydrogen (secondary N) is 1. The van der Waals surface area contributed by atoms with Gasteiger partial charge < -0.3 is 18.9 Å². The highest BCUT2D eigenvalue weighted by atomic mass is 19.4. The predicted octanol–water partition coefficient (Wildman–Crippen LogP) is 6.47. The van der Waals surface area contributed by atoms with Crippen LogP contribution in [0.2, 0.25) is 0 Å². The molecule has 1 aliphatic rings. The van der Waals surface area contributed by atoms with Crippen LogP contribution >= 0.6 is 0 Å². The highest BCUT2D eigenvalue weighted by Crippen LogP contribution is 2.30. The summed E-state index contributed by atoms with van der Waals surface area (Å²) in [6, 6.07) is 18.4. The van der Waals surface area contributed by atoms with E-state index in [0.717, 1.165) is 22.7 Å². The van der Waals surface area contributed by atoms with Gasteiger partial charge in [-0.05, 0) is 80.1 Å². The van der Waals surface area contributed by atoms with Gasteiger partial charge in [0.15, 0.2) is 0 Å². The van der Waals surface area contributed by atoms with Crippen LogP contribution in [0.15, 0.2) is 72.8 Å². The van der Waals surface area contributed by atoms with Crippen LogP contribution in [0.4, 0.5) is 22.8 Å². The Morgan fingerprint density at radius 2 is 1.63 bits per heavy atom. The number of carbonyl (C=O) groups excluding carboxylic acids is 4. The number of rotatable bonds is 13. The number of ether oxygens (including phenoxy) is 4. The molecule has 51 heavy (non-hydrogen) atoms. The molecule has 3 amide bonds. The van der Waals surface area contributed by atoms with Gasteiger partial charge in [0.2, 0.25) is 5.91 Å². The number of esters is 1. The number of benzene rings is 3. The molecule has 11 nitrogen and oxygen atoms in total. The summed E-state index contributed by atoms with van der Waals surface area (Å²) in [5.41, 5.74) is 3.37. The average molecular weight is 714 g/mol. The maximum Gasteiger partial charge on any atom is 0.429 e. The van der Waals surface area contributed by atoms with Crippen molar-refractivity contribution in [3.8, 4) is 5.75 Å². The molecule has 1 aliphatic heterocycles. The third kappa shape index (κ3) is 11.1. The van der Waals surface area contributed by atoms with Gasteiger partial charge in [-0.15, -0.1) is 0 Å². The Kier molecular flexibility index (Phi) is 12.6. The van der Waals surface area contributed by atoms with Crippen LogP contribution in [0.5, 0.6) is 5.75 Å². The quantitative estimate of drug-likeness (QED) is 0.158. The minimum absolute atomic E-state index is 0.0189. The van der Waals surface area contributed by atoms with Gasteiger partial charge in [-0.25, -0.2) is 14.6 Å². The molecule has 3 aromatic rings. The highest BCUT2D eigenvalue weighted by molar-refractivity contribution is 5.85. The van der Waals surface area contributed by atoms with Gasteiger partial charge in [0.1, 0.15) is 18.0 Å². The standard InChI is InChI=1S/C37H42F3N3O8/c1-36(2,3)51-34(46)42(21-25-11-14-29(15-12-25)37(38,39)40)22-28-19-31(48-4)16-13-26(28)18-27(20-32(44)49-5)33(45)41-43-30(23-50-35(43)47)17-24-9-7-6-8-10-24/h6-16,19,27,30H,17-18,20-23H2,1-5H3,(H,41,45)/t27-,30+/m0/s1. The zero-order valence-electron chi connectivity index (χ0n) is 29.1. The first-order valence-electron chi connectivity index (χ1n) is 16.2. The van der Waals surface area contributed by atoms with Crippen molar-refractivity contribution in [1.82, 2.24) is 15.3 Å². The summed E-state index contributed by atoms with van der Waals surface area (Å²) in [5.74, 6) is -1.88. The van der Waals surface area contributed by atoms with E-state index in [-0.39, 0.29) is 32.5 Å². The van der Waals surface area contributed by atoms with Crippen molar-refractivity contribution >= 4 is 24.1 Å². The molecule has 0 radical (unpaired) electrons. The fourth-order valence-electron chi connectivity index (χ4n) is 5.46. The molecule has 2 atom stereocenters. The van der Waals surface area contributed by atoms with E-state index in [1.807, 2.05) is 30.3 Å². The smallest absolute Gasteiger partial charge is 0.429 e. The number of carbonyl (C=O) groups is 4. The molecule has 0 bridgehead atoms. The average Bonchev–Trinajstić information content (AvgIpc) is 3.41. The van der Waals surface area contributed by atoms with Gasteiger partial charge in [0.25, 0.3) is 0 Å². The normalized spacial score (nSPS) is 15.1. The molecular formula is C37H42F3N3O8. The molecule has 0 aromatic heterocycles. The maximum absolute atomic E-state index is 13.8. The lowest BCUT2D eigenvalue weighted by atomic mass is 9.92. The molecule has 1 saturated heterocycles. The van der Waals surface area contributed by atoms with Gasteiger partial charge in [-0.3, -0.25) is 19.9 Å². The molecule has 1 N–H and O–H groups in total. The van der Waals surface area contributed by atoms with E-state index in [1.54, 1.807) is 39.0 Å². The Balaban J connectivity index is 1.62. The Morgan fingerprint density at radius 3 is 2.24 bits per heavy atom. The lowest BCUT2D eigenvalue weighted by Crippen LogP contribution is -2.51. The summed E-state index contributed by atoms with van der Waals surface area (Å²) in [7, 11) is 2.66. The van der Waals surface area contributed by atoms with Crippen LogP contribution in [-0.4, -0.2) is 66.4 Å². The number of hydrogen-bond acceptors (Lipinski definition) is 8. The number of alkyl halides is 3. The molecule has 1 heterocycles. The van der Waals surface area contributed by atoms with Gasteiger partial charge in [-0.2, -0.15) is 13.2 Å². The first-order chi connectivity index (χ1) is 24.1. The number of amides is 3. The van der Waals surface area contributed by atoms with Crippen molar-refractivity contribution in [1.29, 1.82) is 0 Å². The van der Waals surface area contributed by atoms with Crippen LogP contribution in [0, 0.1) is 5.92 Å². The van der Waals surface area contributed by atoms with Crippen LogP contribution in [0.1, 0.15) is 55.0 Å². The largest absolute Gasteiger partial charge is 0.497 e. The van der Waals surface area contributed by atoms with Gasteiger partial charge in [-0.1, -0.05) is 48.5 Å². The van der Waals surface area contributed by atoms with Gasteiger partial charge in [0, 0.05) is 13.1 Å². The fraction of sp³-hybridized carbons (Fsp3) is 0.405. The second kappa shape index (κ2) is 16.6. The summed E-state index contributed by atoms with van der Waals surface area (Å²) < 4.78 is 60.9. The summed E-state index contributed by atoms with van der Waals surface area (Å²) >= 11 is 0. The molecule has 0 aliphatic carbocycles. The summed E-state index contributed by atoms with van der Waals surface area (Å²) in [6.45, 7) is 4.93. The predicted molar refractivity (Wildman–Crippen MR) is 179 cm³/mol. The van der Waals surface area contributed by atoms with Crippen molar-refractivity contribution in [2.75, 3.05) is 20.8 Å².